The lowest BCUT2D eigenvalue weighted by molar-refractivity contribution is -0.138. The van der Waals surface area contributed by atoms with Gasteiger partial charge in [0.15, 0.2) is 0 Å². The van der Waals surface area contributed by atoms with Crippen molar-refractivity contribution in [3.05, 3.63) is 80.8 Å². The largest absolute Gasteiger partial charge is 0.423 e. The molecule has 0 aliphatic carbocycles. The molecule has 0 spiro atoms. The number of hydrogen-bond acceptors (Lipinski definition) is 6. The summed E-state index contributed by atoms with van der Waals surface area (Å²) in [4.78, 5) is 30.6. The number of fused-ring (bicyclic) bond motifs is 1. The van der Waals surface area contributed by atoms with Gasteiger partial charge in [-0.3, -0.25) is 19.6 Å². The summed E-state index contributed by atoms with van der Waals surface area (Å²) in [6.45, 7) is 2.67. The molecule has 38 heavy (non-hydrogen) atoms. The van der Waals surface area contributed by atoms with Crippen LogP contribution in [0.25, 0.3) is 22.0 Å². The van der Waals surface area contributed by atoms with E-state index in [1.807, 2.05) is 0 Å². The number of alkyl halides is 5. The van der Waals surface area contributed by atoms with Crippen molar-refractivity contribution >= 4 is 16.5 Å². The molecule has 4 aromatic rings. The zero-order valence-corrected chi connectivity index (χ0v) is 19.9. The van der Waals surface area contributed by atoms with Gasteiger partial charge in [0.1, 0.15) is 17.1 Å². The maximum Gasteiger partial charge on any atom is 0.423 e. The highest BCUT2D eigenvalue weighted by Crippen LogP contribution is 2.29. The highest BCUT2D eigenvalue weighted by Gasteiger charge is 2.36. The molecule has 3 N–H and O–H groups in total. The zero-order chi connectivity index (χ0) is 28.0. The highest BCUT2D eigenvalue weighted by atomic mass is 19.4. The van der Waals surface area contributed by atoms with Gasteiger partial charge in [0.2, 0.25) is 0 Å². The number of H-pyrrole nitrogens is 1. The number of unbranched alkanes of at least 4 members (excludes halogenated alkanes) is 2. The standard InChI is InChI=1S/C19H18F3N3O.C5H4F3N3O/c1-2-3-4-6-25-7-5-12-8-14(15(20)9-13(12)19(25)26)16-10-24-17(11-23-16)18(21)22;6-5(7,8)3-2(9)1-10-11-4(3)12/h5,7-11,18H,2-4,6H2,1H3;1H,(H3,9,11,12). The number of aryl methyl sites for hydroxylation is 1. The summed E-state index contributed by atoms with van der Waals surface area (Å²) in [5.41, 5.74) is 1.04. The van der Waals surface area contributed by atoms with Gasteiger partial charge >= 0.3 is 6.18 Å². The number of nitrogen functional groups attached to an aromatic ring is 1. The second-order valence-electron chi connectivity index (χ2n) is 8.10. The van der Waals surface area contributed by atoms with E-state index in [9.17, 15) is 35.9 Å². The third-order valence-corrected chi connectivity index (χ3v) is 5.41. The Bertz CT molecular complexity index is 1520. The Morgan fingerprint density at radius 3 is 2.37 bits per heavy atom. The monoisotopic (exact) mass is 540 g/mol. The number of benzene rings is 1. The summed E-state index contributed by atoms with van der Waals surface area (Å²) >= 11 is 0. The molecule has 0 bridgehead atoms. The van der Waals surface area contributed by atoms with Crippen molar-refractivity contribution < 1.29 is 26.3 Å². The van der Waals surface area contributed by atoms with E-state index in [0.717, 1.165) is 37.9 Å². The molecule has 0 aliphatic rings. The maximum atomic E-state index is 14.5. The number of halogens is 6. The average Bonchev–Trinajstić information content (AvgIpc) is 2.85. The van der Waals surface area contributed by atoms with Crippen molar-refractivity contribution in [2.75, 3.05) is 5.73 Å². The van der Waals surface area contributed by atoms with Crippen LogP contribution < -0.4 is 16.9 Å². The minimum Gasteiger partial charge on any atom is -0.397 e. The molecule has 0 radical (unpaired) electrons. The summed E-state index contributed by atoms with van der Waals surface area (Å²) in [5.74, 6) is -0.639. The molecule has 0 unspecified atom stereocenters. The fraction of sp³-hybridized carbons (Fsp3) is 0.292. The SMILES string of the molecule is CCCCCn1ccc2cc(-c3cnc(C(F)F)cn3)c(F)cc2c1=O.Nc1cn[nH]c(=O)c1C(F)(F)F. The Kier molecular flexibility index (Phi) is 8.86. The molecule has 3 heterocycles. The number of nitrogens with zero attached hydrogens (tertiary/aromatic N) is 4. The van der Waals surface area contributed by atoms with E-state index in [2.05, 4.69) is 22.0 Å². The van der Waals surface area contributed by atoms with E-state index in [1.165, 1.54) is 12.1 Å². The van der Waals surface area contributed by atoms with Gasteiger partial charge in [-0.15, -0.1) is 0 Å². The fourth-order valence-electron chi connectivity index (χ4n) is 3.50. The maximum absolute atomic E-state index is 14.5. The van der Waals surface area contributed by atoms with Crippen LogP contribution in [0.1, 0.15) is 43.9 Å². The molecular formula is C24H22F6N6O2. The highest BCUT2D eigenvalue weighted by molar-refractivity contribution is 5.86. The lowest BCUT2D eigenvalue weighted by Crippen LogP contribution is -2.24. The zero-order valence-electron chi connectivity index (χ0n) is 19.9. The van der Waals surface area contributed by atoms with Gasteiger partial charge < -0.3 is 10.3 Å². The number of aromatic nitrogens is 5. The molecular weight excluding hydrogens is 518 g/mol. The first-order chi connectivity index (χ1) is 17.9. The molecule has 0 amide bonds. The van der Waals surface area contributed by atoms with Gasteiger partial charge in [0.25, 0.3) is 17.5 Å². The first kappa shape index (κ1) is 28.3. The number of pyridine rings is 1. The number of aromatic amines is 1. The topological polar surface area (TPSA) is 120 Å². The molecule has 3 aromatic heterocycles. The van der Waals surface area contributed by atoms with E-state index in [0.29, 0.717) is 11.9 Å². The van der Waals surface area contributed by atoms with E-state index in [1.54, 1.807) is 21.9 Å². The van der Waals surface area contributed by atoms with Crippen LogP contribution in [-0.4, -0.2) is 24.7 Å². The second kappa shape index (κ2) is 11.9. The van der Waals surface area contributed by atoms with Crippen LogP contribution in [0.5, 0.6) is 0 Å². The summed E-state index contributed by atoms with van der Waals surface area (Å²) < 4.78 is 77.2. The van der Waals surface area contributed by atoms with Gasteiger partial charge in [-0.2, -0.15) is 18.3 Å². The molecule has 0 saturated carbocycles. The Morgan fingerprint density at radius 2 is 1.82 bits per heavy atom. The lowest BCUT2D eigenvalue weighted by Gasteiger charge is -2.09. The Labute approximate surface area is 211 Å². The summed E-state index contributed by atoms with van der Waals surface area (Å²) in [6.07, 6.45) is -0.0549. The number of rotatable bonds is 6. The smallest absolute Gasteiger partial charge is 0.397 e. The quantitative estimate of drug-likeness (QED) is 0.260. The average molecular weight is 540 g/mol. The minimum absolute atomic E-state index is 0.119. The summed E-state index contributed by atoms with van der Waals surface area (Å²) in [6, 6.07) is 4.41. The molecule has 202 valence electrons. The van der Waals surface area contributed by atoms with E-state index in [-0.39, 0.29) is 22.2 Å². The van der Waals surface area contributed by atoms with Gasteiger partial charge in [0.05, 0.1) is 35.4 Å². The van der Waals surface area contributed by atoms with Crippen LogP contribution in [0.2, 0.25) is 0 Å². The Morgan fingerprint density at radius 1 is 1.08 bits per heavy atom. The predicted octanol–water partition coefficient (Wildman–Crippen LogP) is 5.10. The molecule has 1 aromatic carbocycles. The lowest BCUT2D eigenvalue weighted by atomic mass is 10.1. The molecule has 0 atom stereocenters. The van der Waals surface area contributed by atoms with Crippen molar-refractivity contribution in [1.29, 1.82) is 0 Å². The minimum atomic E-state index is -4.74. The van der Waals surface area contributed by atoms with Crippen molar-refractivity contribution in [3.63, 3.8) is 0 Å². The molecule has 4 rings (SSSR count). The number of nitrogens with two attached hydrogens (primary N) is 1. The van der Waals surface area contributed by atoms with E-state index < -0.39 is 40.9 Å². The van der Waals surface area contributed by atoms with Crippen LogP contribution in [0.15, 0.2) is 52.6 Å². The second-order valence-corrected chi connectivity index (χ2v) is 8.10. The van der Waals surface area contributed by atoms with Crippen molar-refractivity contribution in [2.45, 2.75) is 45.3 Å². The first-order valence-electron chi connectivity index (χ1n) is 11.3. The van der Waals surface area contributed by atoms with Crippen LogP contribution in [0.4, 0.5) is 32.0 Å². The summed E-state index contributed by atoms with van der Waals surface area (Å²) in [5, 5.41) is 5.58. The van der Waals surface area contributed by atoms with Crippen molar-refractivity contribution in [1.82, 2.24) is 24.7 Å². The van der Waals surface area contributed by atoms with Crippen LogP contribution in [-0.2, 0) is 12.7 Å². The van der Waals surface area contributed by atoms with Crippen LogP contribution >= 0.6 is 0 Å². The third-order valence-electron chi connectivity index (χ3n) is 5.41. The molecule has 0 aliphatic heterocycles. The van der Waals surface area contributed by atoms with Crippen molar-refractivity contribution in [3.8, 4) is 11.3 Å². The Hall–Kier alpha value is -4.23. The van der Waals surface area contributed by atoms with Crippen LogP contribution in [0.3, 0.4) is 0 Å². The molecule has 0 saturated heterocycles. The van der Waals surface area contributed by atoms with Gasteiger partial charge in [0, 0.05) is 18.3 Å². The third kappa shape index (κ3) is 6.55. The molecule has 0 fully saturated rings. The van der Waals surface area contributed by atoms with Gasteiger partial charge in [-0.1, -0.05) is 19.8 Å². The Balaban J connectivity index is 0.000000279. The molecule has 14 heteroatoms. The first-order valence-corrected chi connectivity index (χ1v) is 11.3. The number of anilines is 1. The van der Waals surface area contributed by atoms with Crippen LogP contribution in [0, 0.1) is 5.82 Å². The van der Waals surface area contributed by atoms with E-state index in [4.69, 9.17) is 5.73 Å². The van der Waals surface area contributed by atoms with E-state index >= 15 is 0 Å². The molecule has 8 nitrogen and oxygen atoms in total. The number of hydrogen-bond donors (Lipinski definition) is 2. The van der Waals surface area contributed by atoms with Gasteiger partial charge in [-0.25, -0.2) is 18.3 Å². The summed E-state index contributed by atoms with van der Waals surface area (Å²) in [7, 11) is 0. The fourth-order valence-corrected chi connectivity index (χ4v) is 3.50. The number of nitrogens with one attached hydrogen (secondary N) is 1. The predicted molar refractivity (Wildman–Crippen MR) is 128 cm³/mol. The normalized spacial score (nSPS) is 11.5. The van der Waals surface area contributed by atoms with Gasteiger partial charge in [-0.05, 0) is 30.0 Å². The van der Waals surface area contributed by atoms with Crippen molar-refractivity contribution in [2.24, 2.45) is 0 Å².